The molecule has 0 aliphatic rings. The number of benzene rings is 1. The van der Waals surface area contributed by atoms with E-state index in [0.717, 1.165) is 19.5 Å². The van der Waals surface area contributed by atoms with Crippen molar-refractivity contribution in [1.29, 1.82) is 0 Å². The lowest BCUT2D eigenvalue weighted by molar-refractivity contribution is -0.164. The SMILES string of the molecule is Cc1c(Br)sc2c1c(=O)n(C(C)(C)C(=O)OC(C)(C)C)c(=O)n2C[C@@H](OC(C)C)c1ccccc1. The molecule has 7 nitrogen and oxygen atoms in total. The Kier molecular flexibility index (Phi) is 7.84. The maximum Gasteiger partial charge on any atom is 0.333 e. The van der Waals surface area contributed by atoms with Crippen LogP contribution in [0.5, 0.6) is 0 Å². The van der Waals surface area contributed by atoms with Crippen LogP contribution in [0.1, 0.15) is 65.7 Å². The molecular weight excluding hydrogens is 532 g/mol. The third-order valence-corrected chi connectivity index (χ3v) is 7.75. The van der Waals surface area contributed by atoms with Gasteiger partial charge in [-0.2, -0.15) is 0 Å². The van der Waals surface area contributed by atoms with Gasteiger partial charge in [-0.25, -0.2) is 14.2 Å². The first kappa shape index (κ1) is 27.4. The Labute approximate surface area is 217 Å². The predicted octanol–water partition coefficient (Wildman–Crippen LogP) is 5.54. The first-order valence-electron chi connectivity index (χ1n) is 11.5. The minimum absolute atomic E-state index is 0.0904. The van der Waals surface area contributed by atoms with E-state index in [1.54, 1.807) is 25.3 Å². The van der Waals surface area contributed by atoms with Gasteiger partial charge in [-0.15, -0.1) is 11.3 Å². The van der Waals surface area contributed by atoms with E-state index in [9.17, 15) is 14.4 Å². The van der Waals surface area contributed by atoms with Gasteiger partial charge in [0.25, 0.3) is 5.56 Å². The fraction of sp³-hybridized carbons (Fsp3) is 0.500. The van der Waals surface area contributed by atoms with Gasteiger partial charge in [0.15, 0.2) is 0 Å². The van der Waals surface area contributed by atoms with Crippen molar-refractivity contribution < 1.29 is 14.3 Å². The molecule has 2 heterocycles. The van der Waals surface area contributed by atoms with Crippen LogP contribution in [-0.4, -0.2) is 26.8 Å². The lowest BCUT2D eigenvalue weighted by Gasteiger charge is -2.30. The summed E-state index contributed by atoms with van der Waals surface area (Å²) in [7, 11) is 0. The molecule has 0 aliphatic carbocycles. The minimum atomic E-state index is -1.53. The van der Waals surface area contributed by atoms with Crippen molar-refractivity contribution in [3.05, 3.63) is 66.1 Å². The summed E-state index contributed by atoms with van der Waals surface area (Å²) in [6.07, 6.45) is -0.527. The highest BCUT2D eigenvalue weighted by atomic mass is 79.9. The van der Waals surface area contributed by atoms with Gasteiger partial charge < -0.3 is 9.47 Å². The number of fused-ring (bicyclic) bond motifs is 1. The van der Waals surface area contributed by atoms with Crippen LogP contribution in [0.4, 0.5) is 0 Å². The zero-order valence-electron chi connectivity index (χ0n) is 21.5. The normalized spacial score (nSPS) is 13.4. The Morgan fingerprint density at radius 3 is 2.23 bits per heavy atom. The second-order valence-electron chi connectivity index (χ2n) is 10.4. The van der Waals surface area contributed by atoms with Gasteiger partial charge in [-0.1, -0.05) is 30.3 Å². The molecule has 0 aliphatic heterocycles. The van der Waals surface area contributed by atoms with Crippen LogP contribution in [0.25, 0.3) is 10.2 Å². The third kappa shape index (κ3) is 5.62. The Hall–Kier alpha value is -2.23. The highest BCUT2D eigenvalue weighted by molar-refractivity contribution is 9.11. The van der Waals surface area contributed by atoms with Gasteiger partial charge in [-0.05, 0) is 82.4 Å². The Morgan fingerprint density at radius 1 is 1.09 bits per heavy atom. The number of nitrogens with zero attached hydrogens (tertiary/aromatic N) is 2. The molecule has 2 aromatic heterocycles. The summed E-state index contributed by atoms with van der Waals surface area (Å²) < 4.78 is 15.1. The van der Waals surface area contributed by atoms with Crippen LogP contribution >= 0.6 is 27.3 Å². The number of carbonyl (C=O) groups excluding carboxylic acids is 1. The molecule has 9 heteroatoms. The van der Waals surface area contributed by atoms with Crippen molar-refractivity contribution in [2.45, 2.75) is 85.3 Å². The fourth-order valence-electron chi connectivity index (χ4n) is 3.86. The van der Waals surface area contributed by atoms with Crippen molar-refractivity contribution >= 4 is 43.5 Å². The average Bonchev–Trinajstić information content (AvgIpc) is 3.03. The van der Waals surface area contributed by atoms with Crippen molar-refractivity contribution in [3.8, 4) is 0 Å². The Morgan fingerprint density at radius 2 is 1.69 bits per heavy atom. The van der Waals surface area contributed by atoms with E-state index in [4.69, 9.17) is 9.47 Å². The summed E-state index contributed by atoms with van der Waals surface area (Å²) in [6.45, 7) is 14.2. The van der Waals surface area contributed by atoms with Crippen LogP contribution < -0.4 is 11.2 Å². The van der Waals surface area contributed by atoms with E-state index < -0.39 is 34.5 Å². The van der Waals surface area contributed by atoms with Gasteiger partial charge in [0, 0.05) is 0 Å². The van der Waals surface area contributed by atoms with E-state index >= 15 is 0 Å². The third-order valence-electron chi connectivity index (χ3n) is 5.57. The number of hydrogen-bond donors (Lipinski definition) is 0. The second-order valence-corrected chi connectivity index (χ2v) is 12.7. The van der Waals surface area contributed by atoms with E-state index in [1.807, 2.05) is 51.1 Å². The first-order valence-corrected chi connectivity index (χ1v) is 13.1. The van der Waals surface area contributed by atoms with E-state index in [2.05, 4.69) is 15.9 Å². The molecule has 1 atom stereocenters. The number of halogens is 1. The molecule has 3 aromatic rings. The van der Waals surface area contributed by atoms with Gasteiger partial charge in [0.2, 0.25) is 0 Å². The molecule has 0 radical (unpaired) electrons. The molecule has 0 amide bonds. The molecule has 190 valence electrons. The fourth-order valence-corrected chi connectivity index (χ4v) is 5.55. The van der Waals surface area contributed by atoms with Crippen molar-refractivity contribution in [3.63, 3.8) is 0 Å². The van der Waals surface area contributed by atoms with Crippen molar-refractivity contribution in [2.75, 3.05) is 0 Å². The van der Waals surface area contributed by atoms with Crippen molar-refractivity contribution in [2.24, 2.45) is 0 Å². The molecule has 3 rings (SSSR count). The summed E-state index contributed by atoms with van der Waals surface area (Å²) in [5.74, 6) is -0.653. The second kappa shape index (κ2) is 10.0. The number of thiophene rings is 1. The zero-order chi connectivity index (χ0) is 26.3. The minimum Gasteiger partial charge on any atom is -0.458 e. The molecule has 0 spiro atoms. The van der Waals surface area contributed by atoms with E-state index in [1.165, 1.54) is 25.2 Å². The van der Waals surface area contributed by atoms with Gasteiger partial charge in [-0.3, -0.25) is 9.36 Å². The monoisotopic (exact) mass is 564 g/mol. The van der Waals surface area contributed by atoms with Gasteiger partial charge in [0.05, 0.1) is 21.8 Å². The Bertz CT molecular complexity index is 1350. The number of esters is 1. The number of rotatable bonds is 7. The van der Waals surface area contributed by atoms with Gasteiger partial charge >= 0.3 is 11.7 Å². The topological polar surface area (TPSA) is 79.5 Å². The number of hydrogen-bond acceptors (Lipinski definition) is 6. The molecule has 1 aromatic carbocycles. The van der Waals surface area contributed by atoms with Crippen LogP contribution in [0.15, 0.2) is 43.7 Å². The molecule has 0 fully saturated rings. The molecule has 35 heavy (non-hydrogen) atoms. The summed E-state index contributed by atoms with van der Waals surface area (Å²) in [5, 5.41) is 0.398. The molecule has 0 unspecified atom stereocenters. The highest BCUT2D eigenvalue weighted by Crippen LogP contribution is 2.34. The number of carbonyl (C=O) groups is 1. The molecule has 0 bridgehead atoms. The van der Waals surface area contributed by atoms with Crippen LogP contribution in [0.3, 0.4) is 0 Å². The largest absolute Gasteiger partial charge is 0.458 e. The predicted molar refractivity (Wildman–Crippen MR) is 143 cm³/mol. The highest BCUT2D eigenvalue weighted by Gasteiger charge is 2.39. The summed E-state index contributed by atoms with van der Waals surface area (Å²) >= 11 is 4.85. The zero-order valence-corrected chi connectivity index (χ0v) is 23.9. The molecule has 0 N–H and O–H groups in total. The number of aryl methyl sites for hydroxylation is 1. The lowest BCUT2D eigenvalue weighted by atomic mass is 10.0. The number of ether oxygens (including phenoxy) is 2. The summed E-state index contributed by atoms with van der Waals surface area (Å²) in [6, 6.07) is 9.66. The lowest BCUT2D eigenvalue weighted by Crippen LogP contribution is -2.54. The standard InChI is InChI=1S/C26H33BrN2O5S/c1-15(2)33-18(17-12-10-9-11-13-17)14-28-22-19(16(3)20(27)35-22)21(30)29(24(28)32)26(7,8)23(31)34-25(4,5)6/h9-13,15,18H,14H2,1-8H3/t18-/m1/s1. The van der Waals surface area contributed by atoms with E-state index in [-0.39, 0.29) is 12.6 Å². The quantitative estimate of drug-likeness (QED) is 0.352. The number of aromatic nitrogens is 2. The first-order chi connectivity index (χ1) is 16.1. The van der Waals surface area contributed by atoms with E-state index in [0.29, 0.717) is 10.2 Å². The summed E-state index contributed by atoms with van der Waals surface area (Å²) in [5.41, 5.74) is -1.76. The summed E-state index contributed by atoms with van der Waals surface area (Å²) in [4.78, 5) is 41.3. The maximum absolute atomic E-state index is 13.9. The van der Waals surface area contributed by atoms with Gasteiger partial charge in [0.1, 0.15) is 22.1 Å². The van der Waals surface area contributed by atoms with Crippen LogP contribution in [-0.2, 0) is 26.4 Å². The Balaban J connectivity index is 2.29. The maximum atomic E-state index is 13.9. The van der Waals surface area contributed by atoms with Crippen LogP contribution in [0, 0.1) is 6.92 Å². The van der Waals surface area contributed by atoms with Crippen LogP contribution in [0.2, 0.25) is 0 Å². The van der Waals surface area contributed by atoms with Crippen molar-refractivity contribution in [1.82, 2.24) is 9.13 Å². The smallest absolute Gasteiger partial charge is 0.333 e. The molecule has 0 saturated heterocycles. The average molecular weight is 566 g/mol. The molecule has 0 saturated carbocycles. The molecular formula is C26H33BrN2O5S.